The van der Waals surface area contributed by atoms with Gasteiger partial charge in [0.1, 0.15) is 0 Å². The molecule has 0 radical (unpaired) electrons. The molecule has 128 valence electrons. The first-order valence-electron chi connectivity index (χ1n) is 7.97. The average Bonchev–Trinajstić information content (AvgIpc) is 3.01. The Bertz CT molecular complexity index is 944. The van der Waals surface area contributed by atoms with Crippen LogP contribution in [0.25, 0.3) is 5.69 Å². The van der Waals surface area contributed by atoms with Crippen LogP contribution in [-0.2, 0) is 6.54 Å². The number of rotatable bonds is 5. The average molecular weight is 337 g/mol. The van der Waals surface area contributed by atoms with E-state index in [1.54, 1.807) is 17.8 Å². The van der Waals surface area contributed by atoms with Crippen LogP contribution in [0.1, 0.15) is 21.6 Å². The number of hydrogen-bond acceptors (Lipinski definition) is 4. The monoisotopic (exact) mass is 337 g/mol. The number of aryl methyl sites for hydroxylation is 1. The Morgan fingerprint density at radius 1 is 1.16 bits per heavy atom. The van der Waals surface area contributed by atoms with Crippen LogP contribution in [0.15, 0.2) is 53.8 Å². The summed E-state index contributed by atoms with van der Waals surface area (Å²) in [4.78, 5) is 28.3. The van der Waals surface area contributed by atoms with Gasteiger partial charge in [-0.1, -0.05) is 18.2 Å². The number of carbonyl (C=O) groups is 1. The highest BCUT2D eigenvalue weighted by molar-refractivity contribution is 5.95. The molecular weight excluding hydrogens is 318 g/mol. The Morgan fingerprint density at radius 2 is 1.92 bits per heavy atom. The minimum atomic E-state index is -0.214. The van der Waals surface area contributed by atoms with Crippen LogP contribution >= 0.6 is 0 Å². The summed E-state index contributed by atoms with van der Waals surface area (Å²) in [6.45, 7) is 4.26. The summed E-state index contributed by atoms with van der Waals surface area (Å²) in [5.74, 6) is -0.214. The van der Waals surface area contributed by atoms with Gasteiger partial charge in [-0.15, -0.1) is 0 Å². The van der Waals surface area contributed by atoms with E-state index < -0.39 is 0 Å². The number of aromatic nitrogens is 4. The van der Waals surface area contributed by atoms with Crippen molar-refractivity contribution in [2.45, 2.75) is 20.4 Å². The lowest BCUT2D eigenvalue weighted by atomic mass is 10.2. The number of nitrogens with one attached hydrogen (secondary N) is 1. The predicted molar refractivity (Wildman–Crippen MR) is 93.9 cm³/mol. The fourth-order valence-electron chi connectivity index (χ4n) is 2.57. The highest BCUT2D eigenvalue weighted by Crippen LogP contribution is 2.13. The molecule has 0 aliphatic rings. The SMILES string of the molecule is Cc1cncn(CCNC(=O)c2cnn(-c3ccccc3)c2C)c1=O. The van der Waals surface area contributed by atoms with Crippen LogP contribution in [0.3, 0.4) is 0 Å². The molecule has 7 heteroatoms. The van der Waals surface area contributed by atoms with E-state index in [0.717, 1.165) is 11.4 Å². The van der Waals surface area contributed by atoms with Gasteiger partial charge in [-0.2, -0.15) is 5.10 Å². The molecule has 0 unspecified atom stereocenters. The van der Waals surface area contributed by atoms with Crippen LogP contribution in [-0.4, -0.2) is 31.8 Å². The number of para-hydroxylation sites is 1. The summed E-state index contributed by atoms with van der Waals surface area (Å²) in [6, 6.07) is 9.63. The first kappa shape index (κ1) is 16.6. The van der Waals surface area contributed by atoms with Crippen molar-refractivity contribution < 1.29 is 4.79 Å². The minimum Gasteiger partial charge on any atom is -0.350 e. The molecule has 1 aromatic carbocycles. The van der Waals surface area contributed by atoms with Gasteiger partial charge in [-0.05, 0) is 26.0 Å². The van der Waals surface area contributed by atoms with Crippen LogP contribution in [0.5, 0.6) is 0 Å². The van der Waals surface area contributed by atoms with Crippen LogP contribution in [0.2, 0.25) is 0 Å². The van der Waals surface area contributed by atoms with Gasteiger partial charge in [0.25, 0.3) is 11.5 Å². The first-order chi connectivity index (χ1) is 12.1. The van der Waals surface area contributed by atoms with Gasteiger partial charge in [0.05, 0.1) is 29.5 Å². The van der Waals surface area contributed by atoms with E-state index in [1.807, 2.05) is 37.3 Å². The van der Waals surface area contributed by atoms with E-state index in [0.29, 0.717) is 24.2 Å². The number of hydrogen-bond donors (Lipinski definition) is 1. The topological polar surface area (TPSA) is 81.8 Å². The second-order valence-corrected chi connectivity index (χ2v) is 5.72. The van der Waals surface area contributed by atoms with Gasteiger partial charge in [0, 0.05) is 24.8 Å². The van der Waals surface area contributed by atoms with Gasteiger partial charge < -0.3 is 5.32 Å². The summed E-state index contributed by atoms with van der Waals surface area (Å²) < 4.78 is 3.21. The summed E-state index contributed by atoms with van der Waals surface area (Å²) in [5.41, 5.74) is 2.65. The predicted octanol–water partition coefficient (Wildman–Crippen LogP) is 1.48. The van der Waals surface area contributed by atoms with Gasteiger partial charge in [-0.25, -0.2) is 9.67 Å². The lowest BCUT2D eigenvalue weighted by Crippen LogP contribution is -2.31. The zero-order valence-electron chi connectivity index (χ0n) is 14.1. The molecule has 3 rings (SSSR count). The molecule has 0 atom stereocenters. The fourth-order valence-corrected chi connectivity index (χ4v) is 2.57. The van der Waals surface area contributed by atoms with Crippen molar-refractivity contribution in [2.75, 3.05) is 6.54 Å². The molecule has 0 aliphatic carbocycles. The second-order valence-electron chi connectivity index (χ2n) is 5.72. The third kappa shape index (κ3) is 3.50. The summed E-state index contributed by atoms with van der Waals surface area (Å²) >= 11 is 0. The van der Waals surface area contributed by atoms with E-state index in [4.69, 9.17) is 0 Å². The van der Waals surface area contributed by atoms with E-state index in [9.17, 15) is 9.59 Å². The van der Waals surface area contributed by atoms with Gasteiger partial charge in [0.2, 0.25) is 0 Å². The van der Waals surface area contributed by atoms with E-state index in [1.165, 1.54) is 17.1 Å². The normalized spacial score (nSPS) is 10.6. The molecule has 25 heavy (non-hydrogen) atoms. The summed E-state index contributed by atoms with van der Waals surface area (Å²) in [5, 5.41) is 7.11. The molecule has 0 bridgehead atoms. The molecule has 2 heterocycles. The summed E-state index contributed by atoms with van der Waals surface area (Å²) in [7, 11) is 0. The highest BCUT2D eigenvalue weighted by atomic mass is 16.2. The lowest BCUT2D eigenvalue weighted by Gasteiger charge is -2.08. The number of amides is 1. The fraction of sp³-hybridized carbons (Fsp3) is 0.222. The molecule has 2 aromatic heterocycles. The Morgan fingerprint density at radius 3 is 2.68 bits per heavy atom. The standard InChI is InChI=1S/C18H19N5O2/c1-13-10-19-12-22(18(13)25)9-8-20-17(24)16-11-21-23(14(16)2)15-6-4-3-5-7-15/h3-7,10-12H,8-9H2,1-2H3,(H,20,24). The first-order valence-corrected chi connectivity index (χ1v) is 7.97. The Hall–Kier alpha value is -3.22. The smallest absolute Gasteiger partial charge is 0.256 e. The van der Waals surface area contributed by atoms with Crippen LogP contribution in [0, 0.1) is 13.8 Å². The number of carbonyl (C=O) groups excluding carboxylic acids is 1. The van der Waals surface area contributed by atoms with E-state index in [2.05, 4.69) is 15.4 Å². The minimum absolute atomic E-state index is 0.0997. The number of nitrogens with zero attached hydrogens (tertiary/aromatic N) is 4. The molecule has 1 amide bonds. The van der Waals surface area contributed by atoms with Crippen molar-refractivity contribution in [1.29, 1.82) is 0 Å². The highest BCUT2D eigenvalue weighted by Gasteiger charge is 2.14. The van der Waals surface area contributed by atoms with Crippen LogP contribution in [0.4, 0.5) is 0 Å². The third-order valence-electron chi connectivity index (χ3n) is 3.97. The molecule has 7 nitrogen and oxygen atoms in total. The molecular formula is C18H19N5O2. The van der Waals surface area contributed by atoms with Crippen molar-refractivity contribution in [3.63, 3.8) is 0 Å². The molecule has 0 saturated carbocycles. The van der Waals surface area contributed by atoms with Gasteiger partial charge in [-0.3, -0.25) is 14.2 Å². The Kier molecular flexibility index (Phi) is 4.74. The maximum Gasteiger partial charge on any atom is 0.256 e. The maximum atomic E-state index is 12.4. The van der Waals surface area contributed by atoms with E-state index in [-0.39, 0.29) is 11.5 Å². The maximum absolute atomic E-state index is 12.4. The van der Waals surface area contributed by atoms with E-state index >= 15 is 0 Å². The largest absolute Gasteiger partial charge is 0.350 e. The molecule has 0 saturated heterocycles. The number of benzene rings is 1. The van der Waals surface area contributed by atoms with Crippen molar-refractivity contribution in [1.82, 2.24) is 24.6 Å². The van der Waals surface area contributed by atoms with Crippen molar-refractivity contribution in [2.24, 2.45) is 0 Å². The van der Waals surface area contributed by atoms with Crippen molar-refractivity contribution >= 4 is 5.91 Å². The Labute approximate surface area is 144 Å². The molecule has 0 aliphatic heterocycles. The van der Waals surface area contributed by atoms with Gasteiger partial charge in [0.15, 0.2) is 0 Å². The van der Waals surface area contributed by atoms with Crippen LogP contribution < -0.4 is 10.9 Å². The molecule has 0 fully saturated rings. The second kappa shape index (κ2) is 7.12. The third-order valence-corrected chi connectivity index (χ3v) is 3.97. The zero-order chi connectivity index (χ0) is 17.8. The molecule has 3 aromatic rings. The van der Waals surface area contributed by atoms with Crippen molar-refractivity contribution in [3.05, 3.63) is 76.2 Å². The zero-order valence-corrected chi connectivity index (χ0v) is 14.1. The molecule has 0 spiro atoms. The molecule has 1 N–H and O–H groups in total. The lowest BCUT2D eigenvalue weighted by molar-refractivity contribution is 0.0951. The van der Waals surface area contributed by atoms with Gasteiger partial charge >= 0.3 is 0 Å². The summed E-state index contributed by atoms with van der Waals surface area (Å²) in [6.07, 6.45) is 4.55. The van der Waals surface area contributed by atoms with Crippen molar-refractivity contribution in [3.8, 4) is 5.69 Å². The quantitative estimate of drug-likeness (QED) is 0.764. The Balaban J connectivity index is 1.67.